The molecule has 0 aliphatic heterocycles. The number of alkyl halides is 3. The van der Waals surface area contributed by atoms with E-state index in [0.29, 0.717) is 10.0 Å². The van der Waals surface area contributed by atoms with E-state index in [1.54, 1.807) is 0 Å². The van der Waals surface area contributed by atoms with Crippen LogP contribution in [-0.2, 0) is 6.18 Å². The number of nitrogens with two attached hydrogens (primary N) is 1. The van der Waals surface area contributed by atoms with Gasteiger partial charge in [-0.25, -0.2) is 5.84 Å². The second kappa shape index (κ2) is 4.89. The molecule has 2 rings (SSSR count). The van der Waals surface area contributed by atoms with Crippen molar-refractivity contribution < 1.29 is 13.2 Å². The van der Waals surface area contributed by atoms with Gasteiger partial charge in [-0.2, -0.15) is 13.2 Å². The number of hydrazine groups is 1. The maximum Gasteiger partial charge on any atom is 0.416 e. The summed E-state index contributed by atoms with van der Waals surface area (Å²) in [5.74, 6) is 5.60. The highest BCUT2D eigenvalue weighted by atomic mass is 79.9. The highest BCUT2D eigenvalue weighted by molar-refractivity contribution is 9.10. The van der Waals surface area contributed by atoms with Gasteiger partial charge in [0.15, 0.2) is 0 Å². The van der Waals surface area contributed by atoms with Gasteiger partial charge >= 0.3 is 6.18 Å². The van der Waals surface area contributed by atoms with Crippen LogP contribution in [0, 0.1) is 0 Å². The van der Waals surface area contributed by atoms with E-state index >= 15 is 0 Å². The second-order valence-electron chi connectivity index (χ2n) is 4.05. The summed E-state index contributed by atoms with van der Waals surface area (Å²) in [6.07, 6.45) is -2.49. The molecule has 1 aliphatic carbocycles. The lowest BCUT2D eigenvalue weighted by Gasteiger charge is -2.12. The molecule has 18 heavy (non-hydrogen) atoms. The molecule has 0 bridgehead atoms. The van der Waals surface area contributed by atoms with Crippen LogP contribution in [-0.4, -0.2) is 11.9 Å². The first-order valence-electron chi connectivity index (χ1n) is 5.33. The van der Waals surface area contributed by atoms with Gasteiger partial charge in [0, 0.05) is 10.0 Å². The van der Waals surface area contributed by atoms with E-state index in [1.807, 2.05) is 0 Å². The zero-order chi connectivity index (χ0) is 13.3. The number of hydrogen-bond acceptors (Lipinski definition) is 2. The molecule has 0 saturated heterocycles. The second-order valence-corrected chi connectivity index (χ2v) is 4.90. The van der Waals surface area contributed by atoms with Crippen molar-refractivity contribution in [2.24, 2.45) is 10.8 Å². The Morgan fingerprint density at radius 3 is 2.56 bits per heavy atom. The molecule has 1 aromatic rings. The van der Waals surface area contributed by atoms with Crippen LogP contribution in [0.5, 0.6) is 0 Å². The topological polar surface area (TPSA) is 50.4 Å². The van der Waals surface area contributed by atoms with Gasteiger partial charge in [0.1, 0.15) is 5.84 Å². The Kier molecular flexibility index (Phi) is 3.63. The predicted molar refractivity (Wildman–Crippen MR) is 66.0 cm³/mol. The van der Waals surface area contributed by atoms with Gasteiger partial charge in [-0.1, -0.05) is 15.9 Å². The van der Waals surface area contributed by atoms with Crippen LogP contribution in [0.1, 0.15) is 24.0 Å². The van der Waals surface area contributed by atoms with E-state index in [9.17, 15) is 13.2 Å². The number of nitrogens with one attached hydrogen (secondary N) is 1. The van der Waals surface area contributed by atoms with Crippen LogP contribution in [0.2, 0.25) is 0 Å². The van der Waals surface area contributed by atoms with Crippen molar-refractivity contribution >= 4 is 21.8 Å². The van der Waals surface area contributed by atoms with Crippen LogP contribution in [0.25, 0.3) is 0 Å². The van der Waals surface area contributed by atoms with E-state index in [2.05, 4.69) is 26.3 Å². The van der Waals surface area contributed by atoms with Crippen LogP contribution in [0.3, 0.4) is 0 Å². The Balaban J connectivity index is 2.41. The van der Waals surface area contributed by atoms with Gasteiger partial charge in [0.05, 0.1) is 11.6 Å². The van der Waals surface area contributed by atoms with Gasteiger partial charge in [-0.15, -0.1) is 0 Å². The smallest absolute Gasteiger partial charge is 0.308 e. The minimum atomic E-state index is -4.38. The molecule has 0 radical (unpaired) electrons. The molecule has 1 aromatic carbocycles. The van der Waals surface area contributed by atoms with Crippen molar-refractivity contribution in [3.05, 3.63) is 33.8 Å². The van der Waals surface area contributed by atoms with Gasteiger partial charge < -0.3 is 5.43 Å². The molecule has 0 unspecified atom stereocenters. The van der Waals surface area contributed by atoms with E-state index in [0.717, 1.165) is 25.0 Å². The van der Waals surface area contributed by atoms with Crippen molar-refractivity contribution in [2.45, 2.75) is 25.1 Å². The van der Waals surface area contributed by atoms with E-state index in [4.69, 9.17) is 5.84 Å². The standard InChI is InChI=1S/C11H11BrF3N3/c12-9-4-1-6(11(13,14)15)5-8(9)10(18-16)17-7-2-3-7/h1,4-5,7H,2-3,16H2,(H,17,18). The van der Waals surface area contributed by atoms with E-state index < -0.39 is 11.7 Å². The Bertz CT molecular complexity index is 481. The lowest BCUT2D eigenvalue weighted by Crippen LogP contribution is -2.32. The molecule has 98 valence electrons. The summed E-state index contributed by atoms with van der Waals surface area (Å²) >= 11 is 3.21. The molecular formula is C11H11BrF3N3. The van der Waals surface area contributed by atoms with Gasteiger partial charge in [0.2, 0.25) is 0 Å². The highest BCUT2D eigenvalue weighted by Crippen LogP contribution is 2.32. The first kappa shape index (κ1) is 13.4. The third kappa shape index (κ3) is 3.02. The predicted octanol–water partition coefficient (Wildman–Crippen LogP) is 2.84. The largest absolute Gasteiger partial charge is 0.416 e. The third-order valence-electron chi connectivity index (χ3n) is 2.54. The first-order valence-corrected chi connectivity index (χ1v) is 6.12. The fourth-order valence-electron chi connectivity index (χ4n) is 1.45. The number of amidine groups is 1. The molecule has 7 heteroatoms. The Morgan fingerprint density at radius 2 is 2.06 bits per heavy atom. The lowest BCUT2D eigenvalue weighted by atomic mass is 10.1. The van der Waals surface area contributed by atoms with Crippen molar-refractivity contribution in [3.8, 4) is 0 Å². The summed E-state index contributed by atoms with van der Waals surface area (Å²) < 4.78 is 38.4. The summed E-state index contributed by atoms with van der Waals surface area (Å²) in [6, 6.07) is 3.56. The maximum absolute atomic E-state index is 12.6. The molecule has 0 amide bonds. The SMILES string of the molecule is NNC(=NC1CC1)c1cc(C(F)(F)F)ccc1Br. The molecule has 0 spiro atoms. The first-order chi connectivity index (χ1) is 8.41. The minimum Gasteiger partial charge on any atom is -0.308 e. The monoisotopic (exact) mass is 321 g/mol. The van der Waals surface area contributed by atoms with E-state index in [-0.39, 0.29) is 11.9 Å². The summed E-state index contributed by atoms with van der Waals surface area (Å²) in [4.78, 5) is 4.24. The Morgan fingerprint density at radius 1 is 1.39 bits per heavy atom. The maximum atomic E-state index is 12.6. The van der Waals surface area contributed by atoms with Crippen molar-refractivity contribution in [1.29, 1.82) is 0 Å². The number of halogens is 4. The average molecular weight is 322 g/mol. The Labute approximate surface area is 110 Å². The van der Waals surface area contributed by atoms with E-state index in [1.165, 1.54) is 6.07 Å². The van der Waals surface area contributed by atoms with Crippen LogP contribution < -0.4 is 11.3 Å². The third-order valence-corrected chi connectivity index (χ3v) is 3.24. The molecule has 1 aliphatic rings. The van der Waals surface area contributed by atoms with Gasteiger partial charge in [-0.3, -0.25) is 4.99 Å². The average Bonchev–Trinajstić information content (AvgIpc) is 3.09. The molecule has 3 nitrogen and oxygen atoms in total. The van der Waals surface area contributed by atoms with Gasteiger partial charge in [-0.05, 0) is 31.0 Å². The van der Waals surface area contributed by atoms with Crippen LogP contribution >= 0.6 is 15.9 Å². The van der Waals surface area contributed by atoms with Crippen LogP contribution in [0.15, 0.2) is 27.7 Å². The van der Waals surface area contributed by atoms with Crippen LogP contribution in [0.4, 0.5) is 13.2 Å². The normalized spacial score (nSPS) is 16.8. The quantitative estimate of drug-likeness (QED) is 0.381. The molecule has 0 heterocycles. The van der Waals surface area contributed by atoms with Crippen molar-refractivity contribution in [2.75, 3.05) is 0 Å². The number of rotatable bonds is 2. The van der Waals surface area contributed by atoms with Crippen molar-refractivity contribution in [3.63, 3.8) is 0 Å². The lowest BCUT2D eigenvalue weighted by molar-refractivity contribution is -0.137. The van der Waals surface area contributed by atoms with Gasteiger partial charge in [0.25, 0.3) is 0 Å². The summed E-state index contributed by atoms with van der Waals surface area (Å²) in [7, 11) is 0. The molecular weight excluding hydrogens is 311 g/mol. The summed E-state index contributed by atoms with van der Waals surface area (Å²) in [5.41, 5.74) is 1.96. The Hall–Kier alpha value is -1.08. The zero-order valence-electron chi connectivity index (χ0n) is 9.26. The zero-order valence-corrected chi connectivity index (χ0v) is 10.8. The molecule has 0 aromatic heterocycles. The fourth-order valence-corrected chi connectivity index (χ4v) is 1.89. The number of nitrogens with zero attached hydrogens (tertiary/aromatic N) is 1. The molecule has 0 atom stereocenters. The minimum absolute atomic E-state index is 0.164. The molecule has 3 N–H and O–H groups in total. The molecule has 1 fully saturated rings. The highest BCUT2D eigenvalue weighted by Gasteiger charge is 2.31. The summed E-state index contributed by atoms with van der Waals surface area (Å²) in [5, 5.41) is 0. The summed E-state index contributed by atoms with van der Waals surface area (Å²) in [6.45, 7) is 0. The van der Waals surface area contributed by atoms with Crippen molar-refractivity contribution in [1.82, 2.24) is 5.43 Å². The number of aliphatic imine (C=N–C) groups is 1. The fraction of sp³-hybridized carbons (Fsp3) is 0.364. The molecule has 1 saturated carbocycles. The number of benzene rings is 1. The number of hydrogen-bond donors (Lipinski definition) is 2.